The summed E-state index contributed by atoms with van der Waals surface area (Å²) in [5.41, 5.74) is 1.12. The summed E-state index contributed by atoms with van der Waals surface area (Å²) >= 11 is 6.10. The van der Waals surface area contributed by atoms with Crippen LogP contribution in [0.15, 0.2) is 29.3 Å². The number of aliphatic imine (C=N–C) groups is 1. The maximum absolute atomic E-state index is 6.10. The summed E-state index contributed by atoms with van der Waals surface area (Å²) in [6, 6.07) is 7.87. The Balaban J connectivity index is 2.92. The average Bonchev–Trinajstić information content (AvgIpc) is 2.18. The zero-order valence-electron chi connectivity index (χ0n) is 8.50. The van der Waals surface area contributed by atoms with Crippen molar-refractivity contribution in [1.29, 1.82) is 0 Å². The molecule has 0 amide bonds. The molecule has 76 valence electrons. The number of benzene rings is 1. The van der Waals surface area contributed by atoms with Crippen LogP contribution in [0.2, 0.25) is 5.02 Å². The third kappa shape index (κ3) is 2.82. The van der Waals surface area contributed by atoms with E-state index in [1.54, 1.807) is 7.05 Å². The molecule has 0 radical (unpaired) electrons. The van der Waals surface area contributed by atoms with Gasteiger partial charge in [0, 0.05) is 30.7 Å². The van der Waals surface area contributed by atoms with Crippen molar-refractivity contribution in [3.63, 3.8) is 0 Å². The van der Waals surface area contributed by atoms with Gasteiger partial charge < -0.3 is 10.3 Å². The van der Waals surface area contributed by atoms with Crippen LogP contribution in [-0.4, -0.2) is 26.9 Å². The minimum atomic E-state index is 0.249. The van der Waals surface area contributed by atoms with Gasteiger partial charge in [-0.2, -0.15) is 0 Å². The first-order valence-electron chi connectivity index (χ1n) is 4.61. The van der Waals surface area contributed by atoms with Crippen LogP contribution >= 0.6 is 11.6 Å². The van der Waals surface area contributed by atoms with E-state index in [4.69, 9.17) is 11.6 Å². The molecule has 0 aliphatic heterocycles. The molecule has 0 aliphatic rings. The Morgan fingerprint density at radius 3 is 2.79 bits per heavy atom. The zero-order valence-corrected chi connectivity index (χ0v) is 9.25. The average molecular weight is 211 g/mol. The summed E-state index contributed by atoms with van der Waals surface area (Å²) in [5, 5.41) is 3.93. The van der Waals surface area contributed by atoms with Gasteiger partial charge in [0.05, 0.1) is 0 Å². The number of likely N-dealkylation sites (N-methyl/N-ethyl adjacent to an activating group) is 1. The fourth-order valence-electron chi connectivity index (χ4n) is 1.42. The molecule has 0 heterocycles. The topological polar surface area (TPSA) is 24.4 Å². The lowest BCUT2D eigenvalue weighted by molar-refractivity contribution is 0.757. The van der Waals surface area contributed by atoms with Crippen molar-refractivity contribution in [3.05, 3.63) is 34.9 Å². The quantitative estimate of drug-likeness (QED) is 0.759. The number of halogens is 1. The van der Waals surface area contributed by atoms with Gasteiger partial charge >= 0.3 is 0 Å². The molecular formula is C11H15ClN2. The highest BCUT2D eigenvalue weighted by molar-refractivity contribution is 6.31. The van der Waals surface area contributed by atoms with Crippen molar-refractivity contribution in [2.45, 2.75) is 5.92 Å². The molecule has 0 saturated carbocycles. The van der Waals surface area contributed by atoms with E-state index >= 15 is 0 Å². The lowest BCUT2D eigenvalue weighted by atomic mass is 10.0. The smallest absolute Gasteiger partial charge is 0.0445 e. The molecule has 0 fully saturated rings. The molecule has 14 heavy (non-hydrogen) atoms. The van der Waals surface area contributed by atoms with Crippen molar-refractivity contribution in [3.8, 4) is 0 Å². The second-order valence-corrected chi connectivity index (χ2v) is 3.50. The Kier molecular flexibility index (Phi) is 4.63. The predicted octanol–water partition coefficient (Wildman–Crippen LogP) is 2.34. The first-order chi connectivity index (χ1) is 6.79. The molecule has 1 aromatic carbocycles. The van der Waals surface area contributed by atoms with Crippen LogP contribution in [0.5, 0.6) is 0 Å². The molecule has 2 nitrogen and oxygen atoms in total. The van der Waals surface area contributed by atoms with Gasteiger partial charge in [-0.1, -0.05) is 29.8 Å². The van der Waals surface area contributed by atoms with Gasteiger partial charge in [0.1, 0.15) is 0 Å². The maximum atomic E-state index is 6.10. The first kappa shape index (κ1) is 11.2. The lowest BCUT2D eigenvalue weighted by Gasteiger charge is -2.13. The van der Waals surface area contributed by atoms with E-state index in [1.165, 1.54) is 0 Å². The lowest BCUT2D eigenvalue weighted by Crippen LogP contribution is -2.18. The van der Waals surface area contributed by atoms with Crippen molar-refractivity contribution in [2.75, 3.05) is 20.6 Å². The fourth-order valence-corrected chi connectivity index (χ4v) is 1.69. The van der Waals surface area contributed by atoms with Crippen LogP contribution in [0.1, 0.15) is 11.5 Å². The van der Waals surface area contributed by atoms with Gasteiger partial charge in [-0.3, -0.25) is 0 Å². The summed E-state index contributed by atoms with van der Waals surface area (Å²) in [6.07, 6.45) is 1.91. The number of nitrogens with one attached hydrogen (secondary N) is 1. The van der Waals surface area contributed by atoms with Gasteiger partial charge in [-0.15, -0.1) is 0 Å². The first-order valence-corrected chi connectivity index (χ1v) is 4.98. The molecule has 0 bridgehead atoms. The van der Waals surface area contributed by atoms with Crippen molar-refractivity contribution < 1.29 is 0 Å². The third-order valence-corrected chi connectivity index (χ3v) is 2.40. The highest BCUT2D eigenvalue weighted by Crippen LogP contribution is 2.22. The molecule has 1 N–H and O–H groups in total. The largest absolute Gasteiger partial charge is 0.319 e. The summed E-state index contributed by atoms with van der Waals surface area (Å²) in [4.78, 5) is 4.05. The van der Waals surface area contributed by atoms with Crippen LogP contribution in [0.4, 0.5) is 0 Å². The fraction of sp³-hybridized carbons (Fsp3) is 0.364. The van der Waals surface area contributed by atoms with E-state index in [-0.39, 0.29) is 5.92 Å². The molecule has 1 atom stereocenters. The van der Waals surface area contributed by atoms with E-state index in [0.29, 0.717) is 0 Å². The number of rotatable bonds is 4. The van der Waals surface area contributed by atoms with E-state index in [2.05, 4.69) is 10.3 Å². The minimum absolute atomic E-state index is 0.249. The molecule has 0 aliphatic carbocycles. The normalized spacial score (nSPS) is 13.4. The second kappa shape index (κ2) is 5.78. The molecular weight excluding hydrogens is 196 g/mol. The monoisotopic (exact) mass is 210 g/mol. The van der Waals surface area contributed by atoms with Crippen LogP contribution in [0.25, 0.3) is 0 Å². The molecule has 1 unspecified atom stereocenters. The van der Waals surface area contributed by atoms with E-state index < -0.39 is 0 Å². The van der Waals surface area contributed by atoms with Gasteiger partial charge in [-0.25, -0.2) is 0 Å². The third-order valence-electron chi connectivity index (χ3n) is 2.06. The number of hydrogen-bond acceptors (Lipinski definition) is 2. The van der Waals surface area contributed by atoms with Crippen molar-refractivity contribution in [2.24, 2.45) is 4.99 Å². The highest BCUT2D eigenvalue weighted by atomic mass is 35.5. The van der Waals surface area contributed by atoms with E-state index in [9.17, 15) is 0 Å². The minimum Gasteiger partial charge on any atom is -0.319 e. The van der Waals surface area contributed by atoms with Crippen LogP contribution in [0.3, 0.4) is 0 Å². The van der Waals surface area contributed by atoms with Crippen molar-refractivity contribution >= 4 is 17.8 Å². The van der Waals surface area contributed by atoms with Crippen LogP contribution in [0, 0.1) is 0 Å². The SMILES string of the molecule is CN=CC(CNC)c1ccccc1Cl. The second-order valence-electron chi connectivity index (χ2n) is 3.09. The molecule has 3 heteroatoms. The maximum Gasteiger partial charge on any atom is 0.0445 e. The zero-order chi connectivity index (χ0) is 10.4. The Morgan fingerprint density at radius 1 is 1.50 bits per heavy atom. The van der Waals surface area contributed by atoms with Gasteiger partial charge in [0.15, 0.2) is 0 Å². The molecule has 1 rings (SSSR count). The standard InChI is InChI=1S/C11H15ClN2/c1-13-7-9(8-14-2)10-5-3-4-6-11(10)12/h3-7,9,14H,8H2,1-2H3. The Labute approximate surface area is 90.0 Å². The van der Waals surface area contributed by atoms with E-state index in [1.807, 2.05) is 37.5 Å². The van der Waals surface area contributed by atoms with Gasteiger partial charge in [-0.05, 0) is 18.7 Å². The van der Waals surface area contributed by atoms with Gasteiger partial charge in [0.2, 0.25) is 0 Å². The van der Waals surface area contributed by atoms with Gasteiger partial charge in [0.25, 0.3) is 0 Å². The summed E-state index contributed by atoms with van der Waals surface area (Å²) in [6.45, 7) is 0.848. The van der Waals surface area contributed by atoms with Crippen molar-refractivity contribution in [1.82, 2.24) is 5.32 Å². The summed E-state index contributed by atoms with van der Waals surface area (Å²) < 4.78 is 0. The summed E-state index contributed by atoms with van der Waals surface area (Å²) in [5.74, 6) is 0.249. The Bertz CT molecular complexity index is 310. The predicted molar refractivity (Wildman–Crippen MR) is 62.5 cm³/mol. The Morgan fingerprint density at radius 2 is 2.21 bits per heavy atom. The highest BCUT2D eigenvalue weighted by Gasteiger charge is 2.10. The van der Waals surface area contributed by atoms with Crippen LogP contribution < -0.4 is 5.32 Å². The molecule has 0 saturated heterocycles. The molecule has 1 aromatic rings. The summed E-state index contributed by atoms with van der Waals surface area (Å²) in [7, 11) is 3.70. The number of hydrogen-bond donors (Lipinski definition) is 1. The van der Waals surface area contributed by atoms with Crippen LogP contribution in [-0.2, 0) is 0 Å². The molecule has 0 spiro atoms. The number of nitrogens with zero attached hydrogens (tertiary/aromatic N) is 1. The Hall–Kier alpha value is -0.860. The van der Waals surface area contributed by atoms with E-state index in [0.717, 1.165) is 17.1 Å². The molecule has 0 aromatic heterocycles.